The molecule has 0 saturated heterocycles. The Balaban J connectivity index is 5.80. The molecule has 18 heteroatoms. The lowest BCUT2D eigenvalue weighted by Gasteiger charge is -2.35. The Morgan fingerprint density at radius 3 is 1.02 bits per heavy atom. The summed E-state index contributed by atoms with van der Waals surface area (Å²) in [5, 5.41) is 2.88. The number of hydrogen-bond donors (Lipinski definition) is 1. The van der Waals surface area contributed by atoms with Gasteiger partial charge in [-0.05, 0) is 81.6 Å². The standard InChI is InChI=1S/C30H64NO14P3/c1-10-39-46(33,40-11-2)22-16-19-36-25-30(31-28(32)45-29(7,8)9,26-37-20-17-23-47(34,41-12-3)42-13-4)27-38-21-18-24-48(35,43-14-5)44-15-6/h10-27H2,1-9H3,(H,31,32). The summed E-state index contributed by atoms with van der Waals surface area (Å²) in [4.78, 5) is 13.1. The van der Waals surface area contributed by atoms with Crippen molar-refractivity contribution >= 4 is 28.9 Å². The van der Waals surface area contributed by atoms with Crippen molar-refractivity contribution in [1.82, 2.24) is 5.32 Å². The fourth-order valence-electron chi connectivity index (χ4n) is 4.32. The minimum atomic E-state index is -3.25. The van der Waals surface area contributed by atoms with Gasteiger partial charge in [0.25, 0.3) is 0 Å². The number of alkyl carbamates (subject to hydrolysis) is 1. The fraction of sp³-hybridized carbons (Fsp3) is 0.967. The van der Waals surface area contributed by atoms with Crippen LogP contribution in [0.3, 0.4) is 0 Å². The van der Waals surface area contributed by atoms with Crippen molar-refractivity contribution in [2.45, 2.75) is 92.7 Å². The third-order valence-corrected chi connectivity index (χ3v) is 12.5. The highest BCUT2D eigenvalue weighted by Crippen LogP contribution is 2.49. The quantitative estimate of drug-likeness (QED) is 0.0553. The van der Waals surface area contributed by atoms with Gasteiger partial charge in [-0.15, -0.1) is 0 Å². The molecule has 0 radical (unpaired) electrons. The lowest BCUT2D eigenvalue weighted by molar-refractivity contribution is -0.0440. The minimum absolute atomic E-state index is 0.0490. The van der Waals surface area contributed by atoms with E-state index in [1.54, 1.807) is 62.3 Å². The molecule has 0 aliphatic heterocycles. The second-order valence-corrected chi connectivity index (χ2v) is 18.2. The van der Waals surface area contributed by atoms with Crippen LogP contribution >= 0.6 is 22.8 Å². The molecule has 288 valence electrons. The van der Waals surface area contributed by atoms with Crippen LogP contribution in [-0.4, -0.2) is 115 Å². The molecule has 1 N–H and O–H groups in total. The number of carbonyl (C=O) groups excluding carboxylic acids is 1. The predicted octanol–water partition coefficient (Wildman–Crippen LogP) is 7.27. The van der Waals surface area contributed by atoms with Crippen molar-refractivity contribution in [1.29, 1.82) is 0 Å². The first kappa shape index (κ1) is 47.6. The van der Waals surface area contributed by atoms with Crippen molar-refractivity contribution in [2.24, 2.45) is 0 Å². The molecule has 0 aromatic carbocycles. The van der Waals surface area contributed by atoms with Crippen LogP contribution < -0.4 is 5.32 Å². The summed E-state index contributed by atoms with van der Waals surface area (Å²) in [6, 6.07) is 0. The average molecular weight is 756 g/mol. The van der Waals surface area contributed by atoms with Crippen molar-refractivity contribution in [3.05, 3.63) is 0 Å². The second-order valence-electron chi connectivity index (χ2n) is 11.6. The second kappa shape index (κ2) is 25.5. The van der Waals surface area contributed by atoms with E-state index >= 15 is 0 Å². The van der Waals surface area contributed by atoms with Crippen LogP contribution in [0.4, 0.5) is 4.79 Å². The van der Waals surface area contributed by atoms with Gasteiger partial charge in [0.1, 0.15) is 11.1 Å². The molecule has 0 fully saturated rings. The molecular weight excluding hydrogens is 691 g/mol. The first-order chi connectivity index (χ1) is 22.6. The molecule has 0 aliphatic carbocycles. The number of rotatable bonds is 31. The van der Waals surface area contributed by atoms with E-state index in [4.69, 9.17) is 46.1 Å². The Hall–Kier alpha value is -0.400. The molecule has 0 saturated carbocycles. The minimum Gasteiger partial charge on any atom is -0.444 e. The Morgan fingerprint density at radius 2 is 0.792 bits per heavy atom. The van der Waals surface area contributed by atoms with Crippen LogP contribution in [0.5, 0.6) is 0 Å². The predicted molar refractivity (Wildman–Crippen MR) is 186 cm³/mol. The van der Waals surface area contributed by atoms with Gasteiger partial charge in [0.2, 0.25) is 0 Å². The number of carbonyl (C=O) groups is 1. The summed E-state index contributed by atoms with van der Waals surface area (Å²) >= 11 is 0. The van der Waals surface area contributed by atoms with Gasteiger partial charge in [0, 0.05) is 19.8 Å². The van der Waals surface area contributed by atoms with Crippen molar-refractivity contribution in [3.63, 3.8) is 0 Å². The zero-order chi connectivity index (χ0) is 36.6. The molecule has 0 atom stereocenters. The molecule has 0 aromatic rings. The Labute approximate surface area is 289 Å². The topological polar surface area (TPSA) is 173 Å². The highest BCUT2D eigenvalue weighted by atomic mass is 31.2. The first-order valence-electron chi connectivity index (χ1n) is 17.0. The van der Waals surface area contributed by atoms with Crippen molar-refractivity contribution in [3.8, 4) is 0 Å². The van der Waals surface area contributed by atoms with E-state index in [0.29, 0.717) is 19.3 Å². The average Bonchev–Trinajstić information content (AvgIpc) is 2.96. The molecule has 0 unspecified atom stereocenters. The van der Waals surface area contributed by atoms with Gasteiger partial charge < -0.3 is 51.4 Å². The van der Waals surface area contributed by atoms with Gasteiger partial charge in [-0.2, -0.15) is 0 Å². The van der Waals surface area contributed by atoms with Gasteiger partial charge in [0.15, 0.2) is 0 Å². The molecule has 0 heterocycles. The van der Waals surface area contributed by atoms with Gasteiger partial charge >= 0.3 is 28.9 Å². The highest BCUT2D eigenvalue weighted by Gasteiger charge is 2.36. The van der Waals surface area contributed by atoms with Crippen LogP contribution in [-0.2, 0) is 59.8 Å². The molecule has 0 aromatic heterocycles. The smallest absolute Gasteiger partial charge is 0.408 e. The van der Waals surface area contributed by atoms with E-state index in [-0.39, 0.29) is 97.8 Å². The Bertz CT molecular complexity index is 867. The SMILES string of the molecule is CCOP(=O)(CCCOCC(COCCCP(=O)(OCC)OCC)(COCCCP(=O)(OCC)OCC)NC(=O)OC(C)(C)C)OCC. The summed E-state index contributed by atoms with van der Waals surface area (Å²) in [7, 11) is -9.75. The summed E-state index contributed by atoms with van der Waals surface area (Å²) in [5.74, 6) is 0. The van der Waals surface area contributed by atoms with Crippen LogP contribution in [0, 0.1) is 0 Å². The molecular formula is C30H64NO14P3. The normalized spacial score (nSPS) is 13.2. The lowest BCUT2D eigenvalue weighted by atomic mass is 10.0. The first-order valence-corrected chi connectivity index (χ1v) is 22.2. The van der Waals surface area contributed by atoms with Crippen LogP contribution in [0.15, 0.2) is 0 Å². The molecule has 0 rings (SSSR count). The highest BCUT2D eigenvalue weighted by molar-refractivity contribution is 7.54. The maximum Gasteiger partial charge on any atom is 0.408 e. The maximum absolute atomic E-state index is 13.1. The Kier molecular flexibility index (Phi) is 25.3. The van der Waals surface area contributed by atoms with Gasteiger partial charge in [0.05, 0.1) is 77.9 Å². The third kappa shape index (κ3) is 22.4. The number of nitrogens with one attached hydrogen (secondary N) is 1. The van der Waals surface area contributed by atoms with E-state index in [0.717, 1.165) is 0 Å². The summed E-state index contributed by atoms with van der Waals surface area (Å²) < 4.78 is 94.4. The lowest BCUT2D eigenvalue weighted by Crippen LogP contribution is -2.59. The number of ether oxygens (including phenoxy) is 4. The van der Waals surface area contributed by atoms with E-state index in [2.05, 4.69) is 5.32 Å². The fourth-order valence-corrected chi connectivity index (χ4v) is 9.22. The number of amides is 1. The third-order valence-electron chi connectivity index (χ3n) is 6.02. The molecule has 0 aliphatic rings. The van der Waals surface area contributed by atoms with E-state index in [9.17, 15) is 18.5 Å². The summed E-state index contributed by atoms with van der Waals surface area (Å²) in [6.07, 6.45) is 0.890. The van der Waals surface area contributed by atoms with Crippen molar-refractivity contribution in [2.75, 3.05) is 97.8 Å². The molecule has 1 amide bonds. The van der Waals surface area contributed by atoms with Crippen LogP contribution in [0.1, 0.15) is 81.6 Å². The van der Waals surface area contributed by atoms with E-state index in [1.807, 2.05) is 0 Å². The molecule has 15 nitrogen and oxygen atoms in total. The zero-order valence-electron chi connectivity index (χ0n) is 30.8. The van der Waals surface area contributed by atoms with E-state index < -0.39 is 40.0 Å². The van der Waals surface area contributed by atoms with Gasteiger partial charge in [-0.3, -0.25) is 13.7 Å². The summed E-state index contributed by atoms with van der Waals surface area (Å²) in [5.41, 5.74) is -2.00. The molecule has 0 bridgehead atoms. The molecule has 48 heavy (non-hydrogen) atoms. The monoisotopic (exact) mass is 755 g/mol. The van der Waals surface area contributed by atoms with E-state index in [1.165, 1.54) is 0 Å². The number of hydrogen-bond acceptors (Lipinski definition) is 14. The molecule has 0 spiro atoms. The van der Waals surface area contributed by atoms with Gasteiger partial charge in [-0.1, -0.05) is 0 Å². The maximum atomic E-state index is 13.1. The Morgan fingerprint density at radius 1 is 0.521 bits per heavy atom. The zero-order valence-corrected chi connectivity index (χ0v) is 33.5. The van der Waals surface area contributed by atoms with Crippen LogP contribution in [0.2, 0.25) is 0 Å². The summed E-state index contributed by atoms with van der Waals surface area (Å²) in [6.45, 7) is 17.7. The largest absolute Gasteiger partial charge is 0.444 e. The van der Waals surface area contributed by atoms with Crippen molar-refractivity contribution < 1.29 is 64.6 Å². The van der Waals surface area contributed by atoms with Crippen LogP contribution in [0.25, 0.3) is 0 Å². The van der Waals surface area contributed by atoms with Gasteiger partial charge in [-0.25, -0.2) is 4.79 Å².